The third kappa shape index (κ3) is 9.18. The Labute approximate surface area is 132 Å². The van der Waals surface area contributed by atoms with Gasteiger partial charge < -0.3 is 9.47 Å². The standard InChI is InChI=1S/C19H36O2/c1-3-4-5-6-7-8-9-10-11-12-13-14-15-19-18(20-2)16-17-21-19/h16,19H,3-15,17H2,1-2H3. The lowest BCUT2D eigenvalue weighted by atomic mass is 10.0. The summed E-state index contributed by atoms with van der Waals surface area (Å²) in [6.45, 7) is 3.01. The third-order valence-corrected chi connectivity index (χ3v) is 4.45. The molecule has 0 aliphatic carbocycles. The fraction of sp³-hybridized carbons (Fsp3) is 0.895. The second-order valence-corrected chi connectivity index (χ2v) is 6.31. The number of hydrogen-bond acceptors (Lipinski definition) is 2. The van der Waals surface area contributed by atoms with Gasteiger partial charge in [0.15, 0.2) is 0 Å². The van der Waals surface area contributed by atoms with E-state index in [2.05, 4.69) is 13.0 Å². The molecule has 1 atom stereocenters. The number of methoxy groups -OCH3 is 1. The molecule has 0 aromatic carbocycles. The molecule has 0 aromatic rings. The van der Waals surface area contributed by atoms with Crippen molar-refractivity contribution in [1.82, 2.24) is 0 Å². The summed E-state index contributed by atoms with van der Waals surface area (Å²) in [5.74, 6) is 1.04. The third-order valence-electron chi connectivity index (χ3n) is 4.45. The number of ether oxygens (including phenoxy) is 2. The van der Waals surface area contributed by atoms with E-state index in [0.29, 0.717) is 0 Å². The van der Waals surface area contributed by atoms with Crippen molar-refractivity contribution in [3.05, 3.63) is 11.8 Å². The number of unbranched alkanes of at least 4 members (excludes halogenated alkanes) is 11. The SMILES string of the molecule is CCCCCCCCCCCCCCC1OCC=C1OC. The van der Waals surface area contributed by atoms with Gasteiger partial charge in [-0.15, -0.1) is 0 Å². The summed E-state index contributed by atoms with van der Waals surface area (Å²) >= 11 is 0. The van der Waals surface area contributed by atoms with Crippen molar-refractivity contribution in [2.75, 3.05) is 13.7 Å². The van der Waals surface area contributed by atoms with Crippen LogP contribution in [0.1, 0.15) is 90.4 Å². The van der Waals surface area contributed by atoms with Crippen molar-refractivity contribution in [3.8, 4) is 0 Å². The molecule has 0 aromatic heterocycles. The van der Waals surface area contributed by atoms with E-state index in [1.807, 2.05) is 0 Å². The van der Waals surface area contributed by atoms with E-state index in [0.717, 1.165) is 18.8 Å². The average molecular weight is 296 g/mol. The topological polar surface area (TPSA) is 18.5 Å². The Bertz CT molecular complexity index is 260. The van der Waals surface area contributed by atoms with Gasteiger partial charge >= 0.3 is 0 Å². The molecule has 1 rings (SSSR count). The highest BCUT2D eigenvalue weighted by molar-refractivity contribution is 5.05. The Hall–Kier alpha value is -0.500. The van der Waals surface area contributed by atoms with E-state index in [1.54, 1.807) is 7.11 Å². The predicted molar refractivity (Wildman–Crippen MR) is 90.5 cm³/mol. The van der Waals surface area contributed by atoms with Gasteiger partial charge in [-0.05, 0) is 12.5 Å². The quantitative estimate of drug-likeness (QED) is 0.366. The average Bonchev–Trinajstić information content (AvgIpc) is 2.96. The first-order valence-electron chi connectivity index (χ1n) is 9.24. The first-order chi connectivity index (χ1) is 10.4. The molecule has 0 saturated carbocycles. The fourth-order valence-corrected chi connectivity index (χ4v) is 3.07. The maximum atomic E-state index is 5.64. The Morgan fingerprint density at radius 3 is 1.95 bits per heavy atom. The van der Waals surface area contributed by atoms with E-state index < -0.39 is 0 Å². The van der Waals surface area contributed by atoms with Crippen molar-refractivity contribution in [1.29, 1.82) is 0 Å². The van der Waals surface area contributed by atoms with E-state index in [-0.39, 0.29) is 6.10 Å². The Kier molecular flexibility index (Phi) is 11.6. The van der Waals surface area contributed by atoms with Gasteiger partial charge in [0.05, 0.1) is 13.7 Å². The molecule has 2 heteroatoms. The van der Waals surface area contributed by atoms with Crippen molar-refractivity contribution < 1.29 is 9.47 Å². The summed E-state index contributed by atoms with van der Waals surface area (Å²) in [5.41, 5.74) is 0. The molecule has 0 bridgehead atoms. The van der Waals surface area contributed by atoms with Gasteiger partial charge in [-0.25, -0.2) is 0 Å². The van der Waals surface area contributed by atoms with Crippen LogP contribution >= 0.6 is 0 Å². The minimum atomic E-state index is 0.234. The second kappa shape index (κ2) is 13.2. The monoisotopic (exact) mass is 296 g/mol. The Morgan fingerprint density at radius 1 is 0.905 bits per heavy atom. The van der Waals surface area contributed by atoms with E-state index in [1.165, 1.54) is 77.0 Å². The fourth-order valence-electron chi connectivity index (χ4n) is 3.07. The number of rotatable bonds is 14. The molecule has 1 unspecified atom stereocenters. The van der Waals surface area contributed by atoms with Gasteiger partial charge in [0.1, 0.15) is 11.9 Å². The van der Waals surface area contributed by atoms with Crippen LogP contribution in [0.5, 0.6) is 0 Å². The van der Waals surface area contributed by atoms with Crippen LogP contribution in [0, 0.1) is 0 Å². The van der Waals surface area contributed by atoms with Crippen LogP contribution in [0.15, 0.2) is 11.8 Å². The van der Waals surface area contributed by atoms with Crippen LogP contribution in [0.4, 0.5) is 0 Å². The van der Waals surface area contributed by atoms with E-state index in [9.17, 15) is 0 Å². The van der Waals surface area contributed by atoms with Crippen LogP contribution in [0.25, 0.3) is 0 Å². The molecule has 0 fully saturated rings. The summed E-state index contributed by atoms with van der Waals surface area (Å²) in [5, 5.41) is 0. The highest BCUT2D eigenvalue weighted by atomic mass is 16.5. The molecule has 0 N–H and O–H groups in total. The minimum absolute atomic E-state index is 0.234. The smallest absolute Gasteiger partial charge is 0.123 e. The predicted octanol–water partition coefficient (Wildman–Crippen LogP) is 6.01. The Balaban J connectivity index is 1.78. The molecule has 1 aliphatic rings. The molecule has 2 nitrogen and oxygen atoms in total. The zero-order valence-corrected chi connectivity index (χ0v) is 14.4. The van der Waals surface area contributed by atoms with Crippen molar-refractivity contribution >= 4 is 0 Å². The first kappa shape index (κ1) is 18.5. The zero-order chi connectivity index (χ0) is 15.2. The molecule has 0 amide bonds. The highest BCUT2D eigenvalue weighted by Crippen LogP contribution is 2.21. The number of hydrogen-bond donors (Lipinski definition) is 0. The van der Waals surface area contributed by atoms with Crippen LogP contribution in [0.3, 0.4) is 0 Å². The summed E-state index contributed by atoms with van der Waals surface area (Å²) < 4.78 is 11.0. The van der Waals surface area contributed by atoms with Gasteiger partial charge in [0.2, 0.25) is 0 Å². The lowest BCUT2D eigenvalue weighted by Crippen LogP contribution is -2.11. The lowest BCUT2D eigenvalue weighted by Gasteiger charge is -2.13. The maximum absolute atomic E-state index is 5.64. The molecule has 1 aliphatic heterocycles. The molecule has 0 spiro atoms. The van der Waals surface area contributed by atoms with Gasteiger partial charge in [0, 0.05) is 0 Å². The summed E-state index contributed by atoms with van der Waals surface area (Å²) in [6, 6.07) is 0. The van der Waals surface area contributed by atoms with Crippen LogP contribution in [-0.2, 0) is 9.47 Å². The maximum Gasteiger partial charge on any atom is 0.123 e. The molecule has 1 heterocycles. The highest BCUT2D eigenvalue weighted by Gasteiger charge is 2.19. The van der Waals surface area contributed by atoms with Gasteiger partial charge in [0.25, 0.3) is 0 Å². The zero-order valence-electron chi connectivity index (χ0n) is 14.4. The molecule has 124 valence electrons. The second-order valence-electron chi connectivity index (χ2n) is 6.31. The molecular formula is C19H36O2. The van der Waals surface area contributed by atoms with Crippen molar-refractivity contribution in [2.24, 2.45) is 0 Å². The van der Waals surface area contributed by atoms with Crippen LogP contribution < -0.4 is 0 Å². The largest absolute Gasteiger partial charge is 0.499 e. The van der Waals surface area contributed by atoms with E-state index >= 15 is 0 Å². The molecular weight excluding hydrogens is 260 g/mol. The van der Waals surface area contributed by atoms with Gasteiger partial charge in [-0.3, -0.25) is 0 Å². The van der Waals surface area contributed by atoms with Gasteiger partial charge in [-0.2, -0.15) is 0 Å². The van der Waals surface area contributed by atoms with Crippen LogP contribution in [0.2, 0.25) is 0 Å². The first-order valence-corrected chi connectivity index (χ1v) is 9.24. The van der Waals surface area contributed by atoms with Crippen molar-refractivity contribution in [3.63, 3.8) is 0 Å². The summed E-state index contributed by atoms with van der Waals surface area (Å²) in [6.07, 6.45) is 20.2. The van der Waals surface area contributed by atoms with Gasteiger partial charge in [-0.1, -0.05) is 84.0 Å². The lowest BCUT2D eigenvalue weighted by molar-refractivity contribution is 0.0770. The summed E-state index contributed by atoms with van der Waals surface area (Å²) in [7, 11) is 1.75. The normalized spacial score (nSPS) is 18.0. The summed E-state index contributed by atoms with van der Waals surface area (Å²) in [4.78, 5) is 0. The Morgan fingerprint density at radius 2 is 1.43 bits per heavy atom. The van der Waals surface area contributed by atoms with Crippen molar-refractivity contribution in [2.45, 2.75) is 96.5 Å². The molecule has 0 radical (unpaired) electrons. The van der Waals surface area contributed by atoms with E-state index in [4.69, 9.17) is 9.47 Å². The van der Waals surface area contributed by atoms with Crippen LogP contribution in [-0.4, -0.2) is 19.8 Å². The minimum Gasteiger partial charge on any atom is -0.499 e. The molecule has 0 saturated heterocycles. The molecule has 21 heavy (non-hydrogen) atoms.